The minimum Gasteiger partial charge on any atom is -0.328 e. The van der Waals surface area contributed by atoms with E-state index in [1.807, 2.05) is 0 Å². The molecule has 3 N–H and O–H groups in total. The maximum atomic E-state index is 5.68. The highest BCUT2D eigenvalue weighted by Crippen LogP contribution is 2.35. The van der Waals surface area contributed by atoms with Crippen LogP contribution in [0.25, 0.3) is 0 Å². The van der Waals surface area contributed by atoms with Crippen LogP contribution in [0.15, 0.2) is 0 Å². The normalized spacial score (nSPS) is 20.8. The first-order valence-electron chi connectivity index (χ1n) is 6.16. The predicted molar refractivity (Wildman–Crippen MR) is 62.3 cm³/mol. The van der Waals surface area contributed by atoms with Crippen molar-refractivity contribution < 1.29 is 0 Å². The summed E-state index contributed by atoms with van der Waals surface area (Å²) in [5.74, 6) is 1.93. The molecule has 0 amide bonds. The van der Waals surface area contributed by atoms with Gasteiger partial charge in [0.25, 0.3) is 0 Å². The van der Waals surface area contributed by atoms with E-state index in [0.29, 0.717) is 6.04 Å². The van der Waals surface area contributed by atoms with E-state index in [9.17, 15) is 0 Å². The summed E-state index contributed by atoms with van der Waals surface area (Å²) < 4.78 is 0. The molecule has 0 radical (unpaired) electrons. The highest BCUT2D eigenvalue weighted by atomic mass is 14.9. The number of rotatable bonds is 8. The lowest BCUT2D eigenvalue weighted by Gasteiger charge is -2.11. The molecule has 0 aliphatic heterocycles. The average Bonchev–Trinajstić information content (AvgIpc) is 2.92. The van der Waals surface area contributed by atoms with Crippen molar-refractivity contribution in [3.05, 3.63) is 0 Å². The van der Waals surface area contributed by atoms with Gasteiger partial charge in [0.2, 0.25) is 0 Å². The summed E-state index contributed by atoms with van der Waals surface area (Å²) in [7, 11) is 0. The lowest BCUT2D eigenvalue weighted by atomic mass is 10.1. The average molecular weight is 198 g/mol. The minimum absolute atomic E-state index is 0.375. The Morgan fingerprint density at radius 3 is 2.57 bits per heavy atom. The molecule has 2 unspecified atom stereocenters. The van der Waals surface area contributed by atoms with Gasteiger partial charge in [0.15, 0.2) is 0 Å². The van der Waals surface area contributed by atoms with Crippen LogP contribution in [0.3, 0.4) is 0 Å². The summed E-state index contributed by atoms with van der Waals surface area (Å²) in [5, 5.41) is 3.54. The highest BCUT2D eigenvalue weighted by molar-refractivity contribution is 4.79. The van der Waals surface area contributed by atoms with E-state index in [-0.39, 0.29) is 0 Å². The molecular formula is C12H26N2. The maximum Gasteiger partial charge on any atom is 0.00104 e. The largest absolute Gasteiger partial charge is 0.328 e. The van der Waals surface area contributed by atoms with Crippen molar-refractivity contribution in [3.63, 3.8) is 0 Å². The van der Waals surface area contributed by atoms with E-state index in [1.54, 1.807) is 0 Å². The van der Waals surface area contributed by atoms with E-state index >= 15 is 0 Å². The SMILES string of the molecule is CC(N)CCCCNCC(C)C1CC1. The van der Waals surface area contributed by atoms with Gasteiger partial charge in [0, 0.05) is 6.04 Å². The van der Waals surface area contributed by atoms with Gasteiger partial charge >= 0.3 is 0 Å². The third kappa shape index (κ3) is 5.61. The quantitative estimate of drug-likeness (QED) is 0.586. The molecule has 0 aromatic rings. The van der Waals surface area contributed by atoms with E-state index in [2.05, 4.69) is 19.2 Å². The molecule has 1 aliphatic carbocycles. The van der Waals surface area contributed by atoms with Gasteiger partial charge in [0.1, 0.15) is 0 Å². The first-order valence-corrected chi connectivity index (χ1v) is 6.16. The maximum absolute atomic E-state index is 5.68. The van der Waals surface area contributed by atoms with Gasteiger partial charge in [0.05, 0.1) is 0 Å². The van der Waals surface area contributed by atoms with E-state index < -0.39 is 0 Å². The molecule has 1 rings (SSSR count). The zero-order valence-electron chi connectivity index (χ0n) is 9.76. The summed E-state index contributed by atoms with van der Waals surface area (Å²) >= 11 is 0. The van der Waals surface area contributed by atoms with Crippen LogP contribution < -0.4 is 11.1 Å². The molecule has 1 aliphatic rings. The molecule has 2 heteroatoms. The molecule has 1 fully saturated rings. The molecule has 0 bridgehead atoms. The summed E-state index contributed by atoms with van der Waals surface area (Å²) in [6, 6.07) is 0.375. The Labute approximate surface area is 88.6 Å². The smallest absolute Gasteiger partial charge is 0.00104 e. The summed E-state index contributed by atoms with van der Waals surface area (Å²) in [5.41, 5.74) is 5.68. The molecule has 2 atom stereocenters. The molecule has 84 valence electrons. The fourth-order valence-electron chi connectivity index (χ4n) is 1.88. The molecule has 0 aromatic heterocycles. The highest BCUT2D eigenvalue weighted by Gasteiger charge is 2.27. The van der Waals surface area contributed by atoms with Crippen molar-refractivity contribution in [2.45, 2.75) is 52.0 Å². The van der Waals surface area contributed by atoms with Crippen LogP contribution in [0.2, 0.25) is 0 Å². The second-order valence-electron chi connectivity index (χ2n) is 4.99. The van der Waals surface area contributed by atoms with Crippen molar-refractivity contribution >= 4 is 0 Å². The Bertz CT molecular complexity index is 141. The Hall–Kier alpha value is -0.0800. The van der Waals surface area contributed by atoms with E-state index in [4.69, 9.17) is 5.73 Å². The lowest BCUT2D eigenvalue weighted by Crippen LogP contribution is -2.23. The van der Waals surface area contributed by atoms with Gasteiger partial charge in [-0.3, -0.25) is 0 Å². The van der Waals surface area contributed by atoms with Crippen LogP contribution in [-0.4, -0.2) is 19.1 Å². The van der Waals surface area contributed by atoms with Crippen molar-refractivity contribution in [3.8, 4) is 0 Å². The summed E-state index contributed by atoms with van der Waals surface area (Å²) in [4.78, 5) is 0. The van der Waals surface area contributed by atoms with Crippen LogP contribution in [-0.2, 0) is 0 Å². The number of hydrogen-bond acceptors (Lipinski definition) is 2. The Balaban J connectivity index is 1.79. The predicted octanol–water partition coefficient (Wildman–Crippen LogP) is 2.14. The van der Waals surface area contributed by atoms with Gasteiger partial charge in [-0.1, -0.05) is 13.3 Å². The van der Waals surface area contributed by atoms with Gasteiger partial charge < -0.3 is 11.1 Å². The summed E-state index contributed by atoms with van der Waals surface area (Å²) in [6.45, 7) is 6.84. The molecule has 1 saturated carbocycles. The zero-order valence-corrected chi connectivity index (χ0v) is 9.76. The van der Waals surface area contributed by atoms with Crippen molar-refractivity contribution in [1.82, 2.24) is 5.32 Å². The molecule has 14 heavy (non-hydrogen) atoms. The first kappa shape index (κ1) is 12.0. The number of nitrogens with two attached hydrogens (primary N) is 1. The fourth-order valence-corrected chi connectivity index (χ4v) is 1.88. The Morgan fingerprint density at radius 2 is 2.00 bits per heavy atom. The van der Waals surface area contributed by atoms with Gasteiger partial charge in [-0.05, 0) is 57.5 Å². The van der Waals surface area contributed by atoms with Crippen molar-refractivity contribution in [2.75, 3.05) is 13.1 Å². The molecular weight excluding hydrogens is 172 g/mol. The van der Waals surface area contributed by atoms with Crippen molar-refractivity contribution in [2.24, 2.45) is 17.6 Å². The molecule has 2 nitrogen and oxygen atoms in total. The second-order valence-corrected chi connectivity index (χ2v) is 4.99. The second kappa shape index (κ2) is 6.41. The van der Waals surface area contributed by atoms with E-state index in [0.717, 1.165) is 11.8 Å². The standard InChI is InChI=1S/C12H26N2/c1-10(12-6-7-12)9-14-8-4-3-5-11(2)13/h10-12,14H,3-9,13H2,1-2H3. The third-order valence-electron chi connectivity index (χ3n) is 3.16. The fraction of sp³-hybridized carbons (Fsp3) is 1.00. The molecule has 0 spiro atoms. The Kier molecular flexibility index (Phi) is 5.49. The van der Waals surface area contributed by atoms with Crippen LogP contribution in [0, 0.1) is 11.8 Å². The van der Waals surface area contributed by atoms with Gasteiger partial charge in [-0.25, -0.2) is 0 Å². The van der Waals surface area contributed by atoms with Crippen LogP contribution in [0.1, 0.15) is 46.0 Å². The number of hydrogen-bond donors (Lipinski definition) is 2. The monoisotopic (exact) mass is 198 g/mol. The topological polar surface area (TPSA) is 38.0 Å². The Morgan fingerprint density at radius 1 is 1.29 bits per heavy atom. The van der Waals surface area contributed by atoms with Crippen LogP contribution in [0.4, 0.5) is 0 Å². The van der Waals surface area contributed by atoms with Gasteiger partial charge in [-0.15, -0.1) is 0 Å². The molecule has 0 heterocycles. The van der Waals surface area contributed by atoms with Crippen LogP contribution in [0.5, 0.6) is 0 Å². The van der Waals surface area contributed by atoms with Crippen LogP contribution >= 0.6 is 0 Å². The van der Waals surface area contributed by atoms with Crippen molar-refractivity contribution in [1.29, 1.82) is 0 Å². The summed E-state index contributed by atoms with van der Waals surface area (Å²) in [6.07, 6.45) is 6.64. The van der Waals surface area contributed by atoms with Gasteiger partial charge in [-0.2, -0.15) is 0 Å². The third-order valence-corrected chi connectivity index (χ3v) is 3.16. The minimum atomic E-state index is 0.375. The first-order chi connectivity index (χ1) is 6.70. The molecule has 0 aromatic carbocycles. The molecule has 0 saturated heterocycles. The zero-order chi connectivity index (χ0) is 10.4. The number of nitrogens with one attached hydrogen (secondary N) is 1. The lowest BCUT2D eigenvalue weighted by molar-refractivity contribution is 0.453. The number of unbranched alkanes of at least 4 members (excludes halogenated alkanes) is 1. The van der Waals surface area contributed by atoms with E-state index in [1.165, 1.54) is 45.2 Å².